The standard InChI is InChI=1S/C13H16ClF2NO2S2/c1-8-9(2)20-6-5-17(8)21(18,19)12-4-3-11(15)10(7-14)13(12)16/h3-4,8-9H,5-7H2,1-2H3. The summed E-state index contributed by atoms with van der Waals surface area (Å²) in [6, 6.07) is 1.66. The maximum atomic E-state index is 14.3. The molecule has 2 atom stereocenters. The summed E-state index contributed by atoms with van der Waals surface area (Å²) in [5.41, 5.74) is -0.412. The normalized spacial score (nSPS) is 24.2. The van der Waals surface area contributed by atoms with Gasteiger partial charge in [-0.05, 0) is 19.1 Å². The molecule has 0 aromatic heterocycles. The van der Waals surface area contributed by atoms with Crippen molar-refractivity contribution in [3.63, 3.8) is 0 Å². The molecule has 1 fully saturated rings. The quantitative estimate of drug-likeness (QED) is 0.781. The monoisotopic (exact) mass is 355 g/mol. The Balaban J connectivity index is 2.49. The molecule has 1 aromatic carbocycles. The first-order chi connectivity index (χ1) is 9.80. The highest BCUT2D eigenvalue weighted by molar-refractivity contribution is 8.00. The van der Waals surface area contributed by atoms with E-state index >= 15 is 0 Å². The molecule has 1 aromatic rings. The Morgan fingerprint density at radius 3 is 2.67 bits per heavy atom. The molecular formula is C13H16ClF2NO2S2. The first-order valence-electron chi connectivity index (χ1n) is 6.47. The highest BCUT2D eigenvalue weighted by Gasteiger charge is 2.37. The molecule has 1 aliphatic heterocycles. The Kier molecular flexibility index (Phi) is 5.18. The lowest BCUT2D eigenvalue weighted by Gasteiger charge is -2.36. The van der Waals surface area contributed by atoms with Crippen LogP contribution in [0, 0.1) is 11.6 Å². The lowest BCUT2D eigenvalue weighted by molar-refractivity contribution is 0.338. The van der Waals surface area contributed by atoms with Gasteiger partial charge in [0.1, 0.15) is 10.7 Å². The van der Waals surface area contributed by atoms with E-state index in [1.165, 1.54) is 4.31 Å². The van der Waals surface area contributed by atoms with E-state index in [4.69, 9.17) is 11.6 Å². The van der Waals surface area contributed by atoms with Gasteiger partial charge in [0.15, 0.2) is 5.82 Å². The molecule has 0 aliphatic carbocycles. The predicted molar refractivity (Wildman–Crippen MR) is 81.2 cm³/mol. The third-order valence-electron chi connectivity index (χ3n) is 3.70. The van der Waals surface area contributed by atoms with Crippen LogP contribution in [0.5, 0.6) is 0 Å². The molecule has 0 amide bonds. The van der Waals surface area contributed by atoms with Crippen LogP contribution in [0.4, 0.5) is 8.78 Å². The highest BCUT2D eigenvalue weighted by atomic mass is 35.5. The second kappa shape index (κ2) is 6.40. The van der Waals surface area contributed by atoms with Crippen LogP contribution in [0.25, 0.3) is 0 Å². The Morgan fingerprint density at radius 2 is 2.05 bits per heavy atom. The Bertz CT molecular complexity index is 639. The lowest BCUT2D eigenvalue weighted by atomic mass is 10.2. The van der Waals surface area contributed by atoms with Crippen molar-refractivity contribution in [1.82, 2.24) is 4.31 Å². The summed E-state index contributed by atoms with van der Waals surface area (Å²) >= 11 is 7.18. The predicted octanol–water partition coefficient (Wildman–Crippen LogP) is 3.22. The fraction of sp³-hybridized carbons (Fsp3) is 0.538. The van der Waals surface area contributed by atoms with Gasteiger partial charge in [0.2, 0.25) is 10.0 Å². The van der Waals surface area contributed by atoms with Crippen molar-refractivity contribution in [3.05, 3.63) is 29.3 Å². The minimum Gasteiger partial charge on any atom is -0.207 e. The Morgan fingerprint density at radius 1 is 1.38 bits per heavy atom. The number of rotatable bonds is 3. The van der Waals surface area contributed by atoms with Gasteiger partial charge in [0, 0.05) is 29.2 Å². The van der Waals surface area contributed by atoms with Crippen LogP contribution in [-0.4, -0.2) is 36.3 Å². The second-order valence-electron chi connectivity index (χ2n) is 4.90. The van der Waals surface area contributed by atoms with Crippen LogP contribution >= 0.6 is 23.4 Å². The van der Waals surface area contributed by atoms with Crippen molar-refractivity contribution in [2.45, 2.75) is 35.9 Å². The van der Waals surface area contributed by atoms with E-state index in [0.717, 1.165) is 12.1 Å². The zero-order valence-electron chi connectivity index (χ0n) is 11.6. The number of halogens is 3. The first-order valence-corrected chi connectivity index (χ1v) is 9.49. The largest absolute Gasteiger partial charge is 0.246 e. The topological polar surface area (TPSA) is 37.4 Å². The van der Waals surface area contributed by atoms with Crippen molar-refractivity contribution in [3.8, 4) is 0 Å². The van der Waals surface area contributed by atoms with Crippen molar-refractivity contribution < 1.29 is 17.2 Å². The third-order valence-corrected chi connectivity index (χ3v) is 7.31. The van der Waals surface area contributed by atoms with E-state index in [-0.39, 0.29) is 11.3 Å². The minimum absolute atomic E-state index is 0.115. The summed E-state index contributed by atoms with van der Waals surface area (Å²) in [6.45, 7) is 4.03. The third kappa shape index (κ3) is 3.06. The van der Waals surface area contributed by atoms with Crippen LogP contribution in [0.2, 0.25) is 0 Å². The number of hydrogen-bond acceptors (Lipinski definition) is 3. The molecule has 1 heterocycles. The van der Waals surface area contributed by atoms with Crippen LogP contribution in [0.1, 0.15) is 19.4 Å². The molecule has 118 valence electrons. The summed E-state index contributed by atoms with van der Waals surface area (Å²) in [4.78, 5) is -0.509. The zero-order valence-corrected chi connectivity index (χ0v) is 14.0. The van der Waals surface area contributed by atoms with Crippen molar-refractivity contribution in [2.24, 2.45) is 0 Å². The van der Waals surface area contributed by atoms with Gasteiger partial charge in [0.25, 0.3) is 0 Å². The van der Waals surface area contributed by atoms with Gasteiger partial charge in [-0.25, -0.2) is 17.2 Å². The minimum atomic E-state index is -4.00. The molecular weight excluding hydrogens is 340 g/mol. The SMILES string of the molecule is CC1SCCN(S(=O)(=O)c2ccc(F)c(CCl)c2F)C1C. The van der Waals surface area contributed by atoms with Crippen LogP contribution in [0.15, 0.2) is 17.0 Å². The average Bonchev–Trinajstić information content (AvgIpc) is 2.41. The molecule has 2 rings (SSSR count). The van der Waals surface area contributed by atoms with Crippen LogP contribution in [-0.2, 0) is 15.9 Å². The number of hydrogen-bond donors (Lipinski definition) is 0. The number of benzene rings is 1. The maximum Gasteiger partial charge on any atom is 0.246 e. The van der Waals surface area contributed by atoms with Crippen molar-refractivity contribution in [2.75, 3.05) is 12.3 Å². The summed E-state index contributed by atoms with van der Waals surface area (Å²) in [6.07, 6.45) is 0. The van der Waals surface area contributed by atoms with Gasteiger partial charge >= 0.3 is 0 Å². The van der Waals surface area contributed by atoms with Gasteiger partial charge < -0.3 is 0 Å². The maximum absolute atomic E-state index is 14.3. The molecule has 0 N–H and O–H groups in total. The second-order valence-corrected chi connectivity index (χ2v) is 8.52. The fourth-order valence-electron chi connectivity index (χ4n) is 2.27. The number of alkyl halides is 1. The molecule has 0 bridgehead atoms. The zero-order chi connectivity index (χ0) is 15.8. The van der Waals surface area contributed by atoms with Crippen molar-refractivity contribution in [1.29, 1.82) is 0 Å². The Labute approximate surface area is 132 Å². The van der Waals surface area contributed by atoms with E-state index in [9.17, 15) is 17.2 Å². The Hall–Kier alpha value is -0.370. The van der Waals surface area contributed by atoms with Gasteiger partial charge in [-0.15, -0.1) is 11.6 Å². The van der Waals surface area contributed by atoms with Gasteiger partial charge in [-0.3, -0.25) is 0 Å². The molecule has 3 nitrogen and oxygen atoms in total. The molecule has 1 aliphatic rings. The summed E-state index contributed by atoms with van der Waals surface area (Å²) < 4.78 is 54.3. The fourth-order valence-corrected chi connectivity index (χ4v) is 5.60. The number of sulfonamides is 1. The highest BCUT2D eigenvalue weighted by Crippen LogP contribution is 2.31. The smallest absolute Gasteiger partial charge is 0.207 e. The first kappa shape index (κ1) is 17.0. The van der Waals surface area contributed by atoms with Gasteiger partial charge in [-0.2, -0.15) is 16.1 Å². The van der Waals surface area contributed by atoms with Gasteiger partial charge in [0.05, 0.1) is 5.88 Å². The number of thioether (sulfide) groups is 1. The molecule has 0 saturated carbocycles. The van der Waals surface area contributed by atoms with E-state index in [2.05, 4.69) is 0 Å². The molecule has 21 heavy (non-hydrogen) atoms. The molecule has 0 radical (unpaired) electrons. The van der Waals surface area contributed by atoms with E-state index in [1.807, 2.05) is 6.92 Å². The van der Waals surface area contributed by atoms with E-state index < -0.39 is 38.0 Å². The average molecular weight is 356 g/mol. The molecule has 2 unspecified atom stereocenters. The summed E-state index contributed by atoms with van der Waals surface area (Å²) in [7, 11) is -4.00. The number of nitrogens with zero attached hydrogens (tertiary/aromatic N) is 1. The van der Waals surface area contributed by atoms with E-state index in [0.29, 0.717) is 12.3 Å². The summed E-state index contributed by atoms with van der Waals surface area (Å²) in [5.74, 6) is -1.70. The van der Waals surface area contributed by atoms with Crippen molar-refractivity contribution >= 4 is 33.4 Å². The van der Waals surface area contributed by atoms with Crippen LogP contribution < -0.4 is 0 Å². The summed E-state index contributed by atoms with van der Waals surface area (Å²) in [5, 5.41) is 0.115. The lowest BCUT2D eigenvalue weighted by Crippen LogP contribution is -2.48. The van der Waals surface area contributed by atoms with Gasteiger partial charge in [-0.1, -0.05) is 6.92 Å². The van der Waals surface area contributed by atoms with E-state index in [1.54, 1.807) is 18.7 Å². The molecule has 8 heteroatoms. The van der Waals surface area contributed by atoms with Crippen LogP contribution in [0.3, 0.4) is 0 Å². The molecule has 0 spiro atoms. The molecule has 1 saturated heterocycles.